The first-order chi connectivity index (χ1) is 34.3. The molecule has 0 bridgehead atoms. The number of hydrogen-bond donors (Lipinski definition) is 0. The van der Waals surface area contributed by atoms with Crippen LogP contribution in [0.3, 0.4) is 0 Å². The molecule has 0 fully saturated rings. The fourth-order valence-electron chi connectivity index (χ4n) is 7.50. The van der Waals surface area contributed by atoms with E-state index in [2.05, 4.69) is 30.3 Å². The largest absolute Gasteiger partial charge is 0.455 e. The van der Waals surface area contributed by atoms with Gasteiger partial charge in [0.15, 0.2) is 0 Å². The molecular formula is C54H34O. The van der Waals surface area contributed by atoms with Crippen molar-refractivity contribution >= 4 is 54.3 Å². The molecule has 0 atom stereocenters. The Kier molecular flexibility index (Phi) is 4.33. The van der Waals surface area contributed by atoms with Gasteiger partial charge in [0.25, 0.3) is 0 Å². The van der Waals surface area contributed by atoms with E-state index in [9.17, 15) is 11.0 Å². The van der Waals surface area contributed by atoms with E-state index in [0.29, 0.717) is 22.3 Å². The van der Waals surface area contributed by atoms with Gasteiger partial charge in [-0.1, -0.05) is 182 Å². The quantitative estimate of drug-likeness (QED) is 0.162. The summed E-state index contributed by atoms with van der Waals surface area (Å²) >= 11 is 0. The van der Waals surface area contributed by atoms with Gasteiger partial charge in [-0.2, -0.15) is 0 Å². The van der Waals surface area contributed by atoms with Crippen LogP contribution < -0.4 is 0 Å². The zero-order valence-electron chi connectivity index (χ0n) is 45.7. The van der Waals surface area contributed by atoms with Crippen molar-refractivity contribution in [3.63, 3.8) is 0 Å². The second kappa shape index (κ2) is 12.7. The van der Waals surface area contributed by atoms with Crippen molar-refractivity contribution in [2.75, 3.05) is 0 Å². The number of benzene rings is 10. The molecule has 0 spiro atoms. The number of rotatable bonds is 5. The van der Waals surface area contributed by atoms with Gasteiger partial charge in [0, 0.05) is 16.3 Å². The molecule has 0 aliphatic carbocycles. The smallest absolute Gasteiger partial charge is 0.143 e. The molecule has 11 rings (SSSR count). The van der Waals surface area contributed by atoms with Gasteiger partial charge in [0.2, 0.25) is 0 Å². The van der Waals surface area contributed by atoms with E-state index in [0.717, 1.165) is 38.2 Å². The van der Waals surface area contributed by atoms with E-state index in [4.69, 9.17) is 16.8 Å². The third kappa shape index (κ3) is 5.24. The van der Waals surface area contributed by atoms with Crippen molar-refractivity contribution in [1.29, 1.82) is 0 Å². The molecule has 0 saturated carbocycles. The molecule has 0 N–H and O–H groups in total. The average molecular weight is 716 g/mol. The summed E-state index contributed by atoms with van der Waals surface area (Å²) in [6, 6.07) is 19.9. The molecule has 1 heteroatoms. The van der Waals surface area contributed by atoms with Crippen LogP contribution in [0.25, 0.3) is 110 Å². The molecule has 1 aromatic heterocycles. The number of furan rings is 1. The maximum atomic E-state index is 9.59. The van der Waals surface area contributed by atoms with Gasteiger partial charge in [0.1, 0.15) is 11.2 Å². The second-order valence-electron chi connectivity index (χ2n) is 13.1. The first-order valence-electron chi connectivity index (χ1n) is 26.0. The van der Waals surface area contributed by atoms with E-state index >= 15 is 0 Å². The Morgan fingerprint density at radius 1 is 0.327 bits per heavy atom. The molecule has 10 aromatic carbocycles. The Morgan fingerprint density at radius 3 is 1.60 bits per heavy atom. The lowest BCUT2D eigenvalue weighted by atomic mass is 9.85. The Hall–Kier alpha value is -7.22. The average Bonchev–Trinajstić information content (AvgIpc) is 3.77. The summed E-state index contributed by atoms with van der Waals surface area (Å²) in [4.78, 5) is 0. The Balaban J connectivity index is 1.14. The molecule has 11 aromatic rings. The van der Waals surface area contributed by atoms with Crippen LogP contribution in [-0.4, -0.2) is 0 Å². The number of hydrogen-bond acceptors (Lipinski definition) is 1. The van der Waals surface area contributed by atoms with Crippen LogP contribution in [0.1, 0.15) is 23.3 Å². The fourth-order valence-corrected chi connectivity index (χ4v) is 7.50. The van der Waals surface area contributed by atoms with Gasteiger partial charge in [-0.15, -0.1) is 0 Å². The van der Waals surface area contributed by atoms with Crippen LogP contribution in [-0.2, 0) is 0 Å². The van der Waals surface area contributed by atoms with Crippen molar-refractivity contribution in [3.05, 3.63) is 206 Å². The SMILES string of the molecule is [2H]c1c([2H])c([2H])c(-c2c3c([2H])c([2H])c([2H])c([2H])c3c(-c3c([2H])c([2H])c(-c4cccc(-c5ccc6oc7c(-c8ccc9ccccc9c8)cccc7c6c5)c4)c([2H])c3[2H])c3c([2H])c([2H])c([2H])c([2H])c23)c([2H])c1[2H]. The molecular weight excluding hydrogens is 665 g/mol. The van der Waals surface area contributed by atoms with Crippen molar-refractivity contribution in [2.45, 2.75) is 0 Å². The highest BCUT2D eigenvalue weighted by atomic mass is 16.3. The molecule has 0 aliphatic rings. The summed E-state index contributed by atoms with van der Waals surface area (Å²) in [5, 5.41) is 1.89. The number of para-hydroxylation sites is 1. The highest BCUT2D eigenvalue weighted by Crippen LogP contribution is 2.44. The molecule has 0 saturated heterocycles. The minimum Gasteiger partial charge on any atom is -0.455 e. The lowest BCUT2D eigenvalue weighted by molar-refractivity contribution is 0.670. The maximum Gasteiger partial charge on any atom is 0.143 e. The van der Waals surface area contributed by atoms with Crippen LogP contribution in [0, 0.1) is 0 Å². The first-order valence-corrected chi connectivity index (χ1v) is 17.5. The Labute approximate surface area is 343 Å². The van der Waals surface area contributed by atoms with Crippen molar-refractivity contribution in [1.82, 2.24) is 0 Å². The van der Waals surface area contributed by atoms with Gasteiger partial charge in [0.05, 0.1) is 23.3 Å². The zero-order valence-corrected chi connectivity index (χ0v) is 28.7. The van der Waals surface area contributed by atoms with E-state index in [1.165, 1.54) is 0 Å². The fraction of sp³-hybridized carbons (Fsp3) is 0. The molecule has 0 radical (unpaired) electrons. The normalized spacial score (nSPS) is 16.0. The van der Waals surface area contributed by atoms with E-state index < -0.39 is 147 Å². The first kappa shape index (κ1) is 18.7. The van der Waals surface area contributed by atoms with E-state index in [1.807, 2.05) is 54.6 Å². The summed E-state index contributed by atoms with van der Waals surface area (Å²) in [7, 11) is 0. The third-order valence-electron chi connectivity index (χ3n) is 10.0. The van der Waals surface area contributed by atoms with Crippen LogP contribution >= 0.6 is 0 Å². The van der Waals surface area contributed by atoms with Gasteiger partial charge in [-0.05, 0) is 107 Å². The lowest BCUT2D eigenvalue weighted by Crippen LogP contribution is -1.90. The zero-order chi connectivity index (χ0) is 51.1. The maximum absolute atomic E-state index is 9.59. The monoisotopic (exact) mass is 715 g/mol. The molecule has 256 valence electrons. The molecule has 1 heterocycles. The minimum absolute atomic E-state index is 0.126. The lowest BCUT2D eigenvalue weighted by Gasteiger charge is -2.18. The van der Waals surface area contributed by atoms with E-state index in [1.54, 1.807) is 18.2 Å². The Bertz CT molecular complexity index is 4120. The summed E-state index contributed by atoms with van der Waals surface area (Å²) < 4.78 is 160. The van der Waals surface area contributed by atoms with Gasteiger partial charge in [-0.25, -0.2) is 0 Å². The van der Waals surface area contributed by atoms with Gasteiger partial charge < -0.3 is 4.42 Å². The Morgan fingerprint density at radius 2 is 0.891 bits per heavy atom. The van der Waals surface area contributed by atoms with Crippen molar-refractivity contribution in [2.24, 2.45) is 0 Å². The summed E-state index contributed by atoms with van der Waals surface area (Å²) in [5.74, 6) is 0. The number of fused-ring (bicyclic) bond motifs is 6. The van der Waals surface area contributed by atoms with E-state index in [-0.39, 0.29) is 5.56 Å². The standard InChI is InChI=1S/C54H34O/c1-2-13-37(14-3-1)52-45-18-6-8-20-47(45)53(48-21-9-7-19-46(48)52)38-27-24-36(25-28-38)40-16-10-17-41(32-40)42-30-31-51-50(34-42)49-23-11-22-44(54(49)55-51)43-29-26-35-12-4-5-15-39(35)33-43/h1-34H/i1D,2D,3D,6D,7D,8D,9D,13D,14D,18D,19D,20D,21D,24D,25D,27D,28D. The highest BCUT2D eigenvalue weighted by molar-refractivity contribution is 6.21. The second-order valence-corrected chi connectivity index (χ2v) is 13.1. The summed E-state index contributed by atoms with van der Waals surface area (Å²) in [6.07, 6.45) is 0. The highest BCUT2D eigenvalue weighted by Gasteiger charge is 2.17. The van der Waals surface area contributed by atoms with Gasteiger partial charge >= 0.3 is 0 Å². The molecule has 0 unspecified atom stereocenters. The van der Waals surface area contributed by atoms with Crippen molar-refractivity contribution in [3.8, 4) is 55.6 Å². The third-order valence-corrected chi connectivity index (χ3v) is 10.0. The molecule has 0 amide bonds. The molecule has 1 nitrogen and oxygen atoms in total. The summed E-state index contributed by atoms with van der Waals surface area (Å²) in [5.41, 5.74) is 2.72. The molecule has 55 heavy (non-hydrogen) atoms. The van der Waals surface area contributed by atoms with Crippen LogP contribution in [0.4, 0.5) is 0 Å². The van der Waals surface area contributed by atoms with Crippen LogP contribution in [0.15, 0.2) is 210 Å². The molecule has 0 aliphatic heterocycles. The van der Waals surface area contributed by atoms with Gasteiger partial charge in [-0.3, -0.25) is 0 Å². The topological polar surface area (TPSA) is 13.1 Å². The van der Waals surface area contributed by atoms with Crippen LogP contribution in [0.5, 0.6) is 0 Å². The minimum atomic E-state index is -0.826. The predicted molar refractivity (Wildman–Crippen MR) is 233 cm³/mol. The summed E-state index contributed by atoms with van der Waals surface area (Å²) in [6.45, 7) is 0. The van der Waals surface area contributed by atoms with Crippen molar-refractivity contribution < 1.29 is 27.7 Å². The van der Waals surface area contributed by atoms with Crippen LogP contribution in [0.2, 0.25) is 0 Å². The predicted octanol–water partition coefficient (Wildman–Crippen LogP) is 15.4.